The van der Waals surface area contributed by atoms with Crippen molar-refractivity contribution in [3.8, 4) is 0 Å². The first-order chi connectivity index (χ1) is 7.88. The molecule has 2 heterocycles. The number of alkyl carbamates (subject to hydrolysis) is 1. The number of β-lactam (4-membered cyclic amide) rings is 1. The third kappa shape index (κ3) is 2.52. The Morgan fingerprint density at radius 2 is 2.24 bits per heavy atom. The van der Waals surface area contributed by atoms with Crippen molar-refractivity contribution in [2.45, 2.75) is 45.1 Å². The topological polar surface area (TPSA) is 67.9 Å². The third-order valence-electron chi connectivity index (χ3n) is 2.65. The molecule has 6 nitrogen and oxygen atoms in total. The summed E-state index contributed by atoms with van der Waals surface area (Å²) < 4.78 is 10.5. The van der Waals surface area contributed by atoms with E-state index in [1.807, 2.05) is 0 Å². The molecule has 17 heavy (non-hydrogen) atoms. The molecule has 2 aliphatic rings. The van der Waals surface area contributed by atoms with Gasteiger partial charge in [-0.25, -0.2) is 4.79 Å². The van der Waals surface area contributed by atoms with Crippen LogP contribution in [0.5, 0.6) is 0 Å². The summed E-state index contributed by atoms with van der Waals surface area (Å²) in [6.45, 7) is 6.66. The standard InChI is InChI=1S/C11H18N2O4/c1-11(2,3)17-10(15)12-7-8(14)13-5-4-6-16-9(7)13/h7,9H,4-6H2,1-3H3,(H,12,15)/t7-,9+/m0/s1. The average Bonchev–Trinajstić information content (AvgIpc) is 2.23. The molecule has 2 aliphatic heterocycles. The fourth-order valence-corrected chi connectivity index (χ4v) is 1.95. The quantitative estimate of drug-likeness (QED) is 0.679. The van der Waals surface area contributed by atoms with Crippen LogP contribution >= 0.6 is 0 Å². The average molecular weight is 242 g/mol. The Morgan fingerprint density at radius 3 is 2.88 bits per heavy atom. The molecule has 0 aromatic heterocycles. The number of rotatable bonds is 1. The molecule has 2 rings (SSSR count). The normalized spacial score (nSPS) is 28.2. The van der Waals surface area contributed by atoms with Crippen LogP contribution in [-0.4, -0.2) is 47.9 Å². The molecule has 2 saturated heterocycles. The van der Waals surface area contributed by atoms with E-state index in [9.17, 15) is 9.59 Å². The van der Waals surface area contributed by atoms with Crippen molar-refractivity contribution in [2.24, 2.45) is 0 Å². The molecule has 2 amide bonds. The van der Waals surface area contributed by atoms with Crippen LogP contribution in [0.1, 0.15) is 27.2 Å². The fraction of sp³-hybridized carbons (Fsp3) is 0.818. The Hall–Kier alpha value is -1.30. The lowest BCUT2D eigenvalue weighted by Crippen LogP contribution is -2.73. The molecule has 2 fully saturated rings. The van der Waals surface area contributed by atoms with Crippen LogP contribution in [0.25, 0.3) is 0 Å². The van der Waals surface area contributed by atoms with Crippen molar-refractivity contribution < 1.29 is 19.1 Å². The molecular weight excluding hydrogens is 224 g/mol. The van der Waals surface area contributed by atoms with Gasteiger partial charge in [-0.3, -0.25) is 4.79 Å². The number of amides is 2. The van der Waals surface area contributed by atoms with Gasteiger partial charge in [0.05, 0.1) is 6.61 Å². The zero-order chi connectivity index (χ0) is 12.6. The van der Waals surface area contributed by atoms with E-state index in [2.05, 4.69) is 5.32 Å². The third-order valence-corrected chi connectivity index (χ3v) is 2.65. The second kappa shape index (κ2) is 4.18. The van der Waals surface area contributed by atoms with Crippen molar-refractivity contribution in [3.05, 3.63) is 0 Å². The number of carbonyl (C=O) groups excluding carboxylic acids is 2. The molecule has 2 atom stereocenters. The van der Waals surface area contributed by atoms with Crippen LogP contribution in [-0.2, 0) is 14.3 Å². The molecule has 96 valence electrons. The lowest BCUT2D eigenvalue weighted by atomic mass is 10.0. The molecule has 0 aromatic carbocycles. The Morgan fingerprint density at radius 1 is 1.53 bits per heavy atom. The SMILES string of the molecule is CC(C)(C)OC(=O)N[C@H]1C(=O)N2CCCO[C@H]12. The summed E-state index contributed by atoms with van der Waals surface area (Å²) in [4.78, 5) is 24.8. The number of carbonyl (C=O) groups is 2. The van der Waals surface area contributed by atoms with E-state index in [1.54, 1.807) is 25.7 Å². The monoisotopic (exact) mass is 242 g/mol. The Bertz CT molecular complexity index is 337. The van der Waals surface area contributed by atoms with Gasteiger partial charge in [-0.05, 0) is 27.2 Å². The van der Waals surface area contributed by atoms with Gasteiger partial charge < -0.3 is 19.7 Å². The molecular formula is C11H18N2O4. The van der Waals surface area contributed by atoms with Gasteiger partial charge in [-0.2, -0.15) is 0 Å². The summed E-state index contributed by atoms with van der Waals surface area (Å²) in [5, 5.41) is 2.54. The van der Waals surface area contributed by atoms with E-state index < -0.39 is 17.7 Å². The highest BCUT2D eigenvalue weighted by atomic mass is 16.6. The van der Waals surface area contributed by atoms with E-state index in [1.165, 1.54) is 0 Å². The lowest BCUT2D eigenvalue weighted by molar-refractivity contribution is -0.195. The Balaban J connectivity index is 1.87. The van der Waals surface area contributed by atoms with Crippen molar-refractivity contribution in [3.63, 3.8) is 0 Å². The summed E-state index contributed by atoms with van der Waals surface area (Å²) in [5.74, 6) is -0.0967. The van der Waals surface area contributed by atoms with Crippen LogP contribution in [0.2, 0.25) is 0 Å². The smallest absolute Gasteiger partial charge is 0.408 e. The first kappa shape index (κ1) is 12.2. The first-order valence-electron chi connectivity index (χ1n) is 5.80. The number of fused-ring (bicyclic) bond motifs is 1. The molecule has 0 unspecified atom stereocenters. The lowest BCUT2D eigenvalue weighted by Gasteiger charge is -2.48. The molecule has 0 aliphatic carbocycles. The van der Waals surface area contributed by atoms with E-state index >= 15 is 0 Å². The zero-order valence-electron chi connectivity index (χ0n) is 10.4. The summed E-state index contributed by atoms with van der Waals surface area (Å²) in [6.07, 6.45) is -0.0464. The molecule has 6 heteroatoms. The number of nitrogens with one attached hydrogen (secondary N) is 1. The van der Waals surface area contributed by atoms with Gasteiger partial charge in [0.15, 0.2) is 12.3 Å². The van der Waals surface area contributed by atoms with E-state index in [0.29, 0.717) is 13.2 Å². The largest absolute Gasteiger partial charge is 0.444 e. The van der Waals surface area contributed by atoms with Gasteiger partial charge in [-0.15, -0.1) is 0 Å². The van der Waals surface area contributed by atoms with Crippen LogP contribution in [0.4, 0.5) is 4.79 Å². The maximum absolute atomic E-state index is 11.7. The highest BCUT2D eigenvalue weighted by Gasteiger charge is 2.50. The highest BCUT2D eigenvalue weighted by Crippen LogP contribution is 2.25. The first-order valence-corrected chi connectivity index (χ1v) is 5.80. The van der Waals surface area contributed by atoms with Crippen LogP contribution in [0.15, 0.2) is 0 Å². The zero-order valence-corrected chi connectivity index (χ0v) is 10.4. The molecule has 0 saturated carbocycles. The Labute approximate surface area is 100 Å². The summed E-state index contributed by atoms with van der Waals surface area (Å²) in [7, 11) is 0. The van der Waals surface area contributed by atoms with Crippen molar-refractivity contribution in [1.82, 2.24) is 10.2 Å². The van der Waals surface area contributed by atoms with Crippen molar-refractivity contribution >= 4 is 12.0 Å². The van der Waals surface area contributed by atoms with Gasteiger partial charge in [-0.1, -0.05) is 0 Å². The predicted molar refractivity (Wildman–Crippen MR) is 59.2 cm³/mol. The number of hydrogen-bond donors (Lipinski definition) is 1. The van der Waals surface area contributed by atoms with E-state index in [4.69, 9.17) is 9.47 Å². The fourth-order valence-electron chi connectivity index (χ4n) is 1.95. The van der Waals surface area contributed by atoms with Gasteiger partial charge >= 0.3 is 6.09 Å². The van der Waals surface area contributed by atoms with E-state index in [0.717, 1.165) is 6.42 Å². The molecule has 1 N–H and O–H groups in total. The van der Waals surface area contributed by atoms with Crippen molar-refractivity contribution in [1.29, 1.82) is 0 Å². The minimum absolute atomic E-state index is 0.0967. The second-order valence-electron chi connectivity index (χ2n) is 5.27. The summed E-state index contributed by atoms with van der Waals surface area (Å²) >= 11 is 0. The van der Waals surface area contributed by atoms with E-state index in [-0.39, 0.29) is 12.1 Å². The summed E-state index contributed by atoms with van der Waals surface area (Å²) in [5.41, 5.74) is -0.565. The van der Waals surface area contributed by atoms with Crippen LogP contribution in [0, 0.1) is 0 Å². The number of ether oxygens (including phenoxy) is 2. The Kier molecular flexibility index (Phi) is 2.99. The van der Waals surface area contributed by atoms with Crippen molar-refractivity contribution in [2.75, 3.05) is 13.2 Å². The van der Waals surface area contributed by atoms with Gasteiger partial charge in [0.25, 0.3) is 5.91 Å². The second-order valence-corrected chi connectivity index (χ2v) is 5.27. The molecule has 0 radical (unpaired) electrons. The molecule has 0 spiro atoms. The van der Waals surface area contributed by atoms with Gasteiger partial charge in [0, 0.05) is 6.54 Å². The maximum Gasteiger partial charge on any atom is 0.408 e. The highest BCUT2D eigenvalue weighted by molar-refractivity contribution is 5.92. The predicted octanol–water partition coefficient (Wildman–Crippen LogP) is 0.468. The van der Waals surface area contributed by atoms with Crippen LogP contribution < -0.4 is 5.32 Å². The number of nitrogens with zero attached hydrogens (tertiary/aromatic N) is 1. The maximum atomic E-state index is 11.7. The minimum Gasteiger partial charge on any atom is -0.444 e. The van der Waals surface area contributed by atoms with Gasteiger partial charge in [0.2, 0.25) is 0 Å². The molecule has 0 aromatic rings. The van der Waals surface area contributed by atoms with Gasteiger partial charge in [0.1, 0.15) is 5.60 Å². The van der Waals surface area contributed by atoms with Crippen LogP contribution in [0.3, 0.4) is 0 Å². The molecule has 0 bridgehead atoms. The summed E-state index contributed by atoms with van der Waals surface area (Å²) in [6, 6.07) is -0.592. The minimum atomic E-state index is -0.592. The number of hydrogen-bond acceptors (Lipinski definition) is 4.